The van der Waals surface area contributed by atoms with Crippen molar-refractivity contribution in [2.45, 2.75) is 18.9 Å². The molecule has 0 bridgehead atoms. The van der Waals surface area contributed by atoms with Crippen LogP contribution in [0.25, 0.3) is 21.8 Å². The van der Waals surface area contributed by atoms with Crippen molar-refractivity contribution < 1.29 is 14.3 Å². The number of carbonyl (C=O) groups excluding carboxylic acids is 2. The van der Waals surface area contributed by atoms with Crippen LogP contribution in [0.2, 0.25) is 0 Å². The molecule has 1 heterocycles. The molecule has 0 radical (unpaired) electrons. The number of fused-ring (bicyclic) bond motifs is 2. The molecule has 1 atom stereocenters. The summed E-state index contributed by atoms with van der Waals surface area (Å²) in [6, 6.07) is 14.2. The van der Waals surface area contributed by atoms with Crippen LogP contribution in [0.4, 0.5) is 0 Å². The monoisotopic (exact) mass is 348 g/mol. The van der Waals surface area contributed by atoms with Gasteiger partial charge in [0.25, 0.3) is 5.91 Å². The lowest BCUT2D eigenvalue weighted by atomic mass is 10.0. The van der Waals surface area contributed by atoms with Crippen molar-refractivity contribution >= 4 is 33.7 Å². The van der Waals surface area contributed by atoms with E-state index in [-0.39, 0.29) is 5.91 Å². The van der Waals surface area contributed by atoms with Crippen LogP contribution in [-0.4, -0.2) is 30.0 Å². The van der Waals surface area contributed by atoms with E-state index in [0.717, 1.165) is 21.8 Å². The number of esters is 1. The molecule has 1 N–H and O–H groups in total. The van der Waals surface area contributed by atoms with Crippen LogP contribution in [-0.2, 0) is 9.53 Å². The van der Waals surface area contributed by atoms with E-state index in [0.29, 0.717) is 18.4 Å². The molecule has 5 heteroatoms. The van der Waals surface area contributed by atoms with E-state index < -0.39 is 12.0 Å². The van der Waals surface area contributed by atoms with Crippen LogP contribution >= 0.6 is 0 Å². The first kappa shape index (κ1) is 17.6. The average Bonchev–Trinajstić information content (AvgIpc) is 2.68. The summed E-state index contributed by atoms with van der Waals surface area (Å²) in [7, 11) is 1.31. The lowest BCUT2D eigenvalue weighted by Gasteiger charge is -2.17. The third kappa shape index (κ3) is 3.42. The summed E-state index contributed by atoms with van der Waals surface area (Å²) in [6.07, 6.45) is 2.74. The number of carbonyl (C=O) groups is 2. The number of hydrogen-bond acceptors (Lipinski definition) is 4. The van der Waals surface area contributed by atoms with E-state index in [4.69, 9.17) is 4.74 Å². The summed E-state index contributed by atoms with van der Waals surface area (Å²) in [5, 5.41) is 4.31. The fourth-order valence-corrected chi connectivity index (χ4v) is 2.99. The van der Waals surface area contributed by atoms with Gasteiger partial charge in [-0.25, -0.2) is 9.78 Å². The summed E-state index contributed by atoms with van der Waals surface area (Å²) in [4.78, 5) is 29.7. The SMILES string of the molecule is C=CCC[C@H](NC(=O)c1c2ccccc2nc2ccccc12)C(=O)OC. The van der Waals surface area contributed by atoms with Gasteiger partial charge >= 0.3 is 5.97 Å². The Hall–Kier alpha value is -3.21. The second-order valence-electron chi connectivity index (χ2n) is 5.94. The molecule has 0 fully saturated rings. The van der Waals surface area contributed by atoms with Gasteiger partial charge in [-0.15, -0.1) is 6.58 Å². The van der Waals surface area contributed by atoms with E-state index in [1.54, 1.807) is 6.08 Å². The van der Waals surface area contributed by atoms with Gasteiger partial charge in [0, 0.05) is 10.8 Å². The van der Waals surface area contributed by atoms with Gasteiger partial charge in [0.15, 0.2) is 0 Å². The van der Waals surface area contributed by atoms with Crippen LogP contribution < -0.4 is 5.32 Å². The zero-order chi connectivity index (χ0) is 18.5. The number of amides is 1. The maximum atomic E-state index is 13.1. The van der Waals surface area contributed by atoms with Gasteiger partial charge < -0.3 is 10.1 Å². The van der Waals surface area contributed by atoms with Crippen LogP contribution in [0.1, 0.15) is 23.2 Å². The van der Waals surface area contributed by atoms with Crippen molar-refractivity contribution in [3.05, 3.63) is 66.7 Å². The second kappa shape index (κ2) is 7.78. The molecule has 0 unspecified atom stereocenters. The Balaban J connectivity index is 2.08. The maximum absolute atomic E-state index is 13.1. The molecular weight excluding hydrogens is 328 g/mol. The Kier molecular flexibility index (Phi) is 5.27. The third-order valence-corrected chi connectivity index (χ3v) is 4.27. The van der Waals surface area contributed by atoms with Crippen molar-refractivity contribution in [3.63, 3.8) is 0 Å². The maximum Gasteiger partial charge on any atom is 0.328 e. The van der Waals surface area contributed by atoms with Crippen LogP contribution in [0.5, 0.6) is 0 Å². The zero-order valence-electron chi connectivity index (χ0n) is 14.6. The van der Waals surface area contributed by atoms with Crippen molar-refractivity contribution in [1.82, 2.24) is 10.3 Å². The van der Waals surface area contributed by atoms with Gasteiger partial charge in [-0.1, -0.05) is 42.5 Å². The summed E-state index contributed by atoms with van der Waals surface area (Å²) in [5.41, 5.74) is 1.98. The largest absolute Gasteiger partial charge is 0.467 e. The molecule has 1 aromatic heterocycles. The van der Waals surface area contributed by atoms with Crippen molar-refractivity contribution in [2.24, 2.45) is 0 Å². The molecule has 3 aromatic rings. The van der Waals surface area contributed by atoms with Crippen molar-refractivity contribution in [2.75, 3.05) is 7.11 Å². The van der Waals surface area contributed by atoms with Crippen LogP contribution in [0.3, 0.4) is 0 Å². The number of rotatable bonds is 6. The molecule has 3 rings (SSSR count). The summed E-state index contributed by atoms with van der Waals surface area (Å²) in [5.74, 6) is -0.790. The standard InChI is InChI=1S/C21H20N2O3/c1-3-4-11-18(21(25)26-2)23-20(24)19-14-9-5-7-12-16(14)22-17-13-8-6-10-15(17)19/h3,5-10,12-13,18H,1,4,11H2,2H3,(H,23,24)/t18-/m0/s1. The van der Waals surface area contributed by atoms with E-state index in [1.807, 2.05) is 48.5 Å². The summed E-state index contributed by atoms with van der Waals surface area (Å²) < 4.78 is 4.82. The molecule has 5 nitrogen and oxygen atoms in total. The van der Waals surface area contributed by atoms with Gasteiger partial charge in [0.2, 0.25) is 0 Å². The Bertz CT molecular complexity index is 927. The molecule has 132 valence electrons. The number of allylic oxidation sites excluding steroid dienone is 1. The normalized spacial score (nSPS) is 11.9. The Morgan fingerprint density at radius 1 is 1.12 bits per heavy atom. The molecule has 2 aromatic carbocycles. The fourth-order valence-electron chi connectivity index (χ4n) is 2.99. The Morgan fingerprint density at radius 3 is 2.23 bits per heavy atom. The minimum atomic E-state index is -0.726. The number of benzene rings is 2. The number of nitrogens with one attached hydrogen (secondary N) is 1. The number of methoxy groups -OCH3 is 1. The van der Waals surface area contributed by atoms with E-state index in [1.165, 1.54) is 7.11 Å². The second-order valence-corrected chi connectivity index (χ2v) is 5.94. The molecule has 1 amide bonds. The molecule has 0 aliphatic carbocycles. The van der Waals surface area contributed by atoms with Crippen molar-refractivity contribution in [3.8, 4) is 0 Å². The number of nitrogens with zero attached hydrogens (tertiary/aromatic N) is 1. The number of aromatic nitrogens is 1. The number of ether oxygens (including phenoxy) is 1. The third-order valence-electron chi connectivity index (χ3n) is 4.27. The first-order valence-electron chi connectivity index (χ1n) is 8.42. The molecule has 0 saturated heterocycles. The van der Waals surface area contributed by atoms with Gasteiger partial charge in [0.1, 0.15) is 6.04 Å². The van der Waals surface area contributed by atoms with Gasteiger partial charge in [-0.3, -0.25) is 4.79 Å². The molecular formula is C21H20N2O3. The van der Waals surface area contributed by atoms with E-state index in [2.05, 4.69) is 16.9 Å². The highest BCUT2D eigenvalue weighted by Crippen LogP contribution is 2.26. The van der Waals surface area contributed by atoms with Gasteiger partial charge in [-0.05, 0) is 25.0 Å². The first-order valence-corrected chi connectivity index (χ1v) is 8.42. The summed E-state index contributed by atoms with van der Waals surface area (Å²) in [6.45, 7) is 3.66. The first-order chi connectivity index (χ1) is 12.7. The lowest BCUT2D eigenvalue weighted by Crippen LogP contribution is -2.41. The quantitative estimate of drug-likeness (QED) is 0.420. The van der Waals surface area contributed by atoms with Crippen LogP contribution in [0.15, 0.2) is 61.2 Å². The smallest absolute Gasteiger partial charge is 0.328 e. The minimum absolute atomic E-state index is 0.320. The summed E-state index contributed by atoms with van der Waals surface area (Å²) >= 11 is 0. The molecule has 0 spiro atoms. The zero-order valence-corrected chi connectivity index (χ0v) is 14.6. The number of para-hydroxylation sites is 2. The molecule has 0 aliphatic rings. The Morgan fingerprint density at radius 2 is 1.69 bits per heavy atom. The van der Waals surface area contributed by atoms with Crippen LogP contribution in [0, 0.1) is 0 Å². The predicted octanol–water partition coefficient (Wildman–Crippen LogP) is 3.63. The lowest BCUT2D eigenvalue weighted by molar-refractivity contribution is -0.143. The molecule has 0 aliphatic heterocycles. The fraction of sp³-hybridized carbons (Fsp3) is 0.190. The number of pyridine rings is 1. The predicted molar refractivity (Wildman–Crippen MR) is 102 cm³/mol. The van der Waals surface area contributed by atoms with E-state index in [9.17, 15) is 9.59 Å². The highest BCUT2D eigenvalue weighted by atomic mass is 16.5. The molecule has 26 heavy (non-hydrogen) atoms. The van der Waals surface area contributed by atoms with Gasteiger partial charge in [0.05, 0.1) is 23.7 Å². The highest BCUT2D eigenvalue weighted by Gasteiger charge is 2.24. The number of hydrogen-bond donors (Lipinski definition) is 1. The highest BCUT2D eigenvalue weighted by molar-refractivity contribution is 6.16. The average molecular weight is 348 g/mol. The Labute approximate surface area is 151 Å². The molecule has 0 saturated carbocycles. The minimum Gasteiger partial charge on any atom is -0.467 e. The van der Waals surface area contributed by atoms with E-state index >= 15 is 0 Å². The van der Waals surface area contributed by atoms with Gasteiger partial charge in [-0.2, -0.15) is 0 Å². The van der Waals surface area contributed by atoms with Crippen molar-refractivity contribution in [1.29, 1.82) is 0 Å². The topological polar surface area (TPSA) is 68.3 Å².